The molecule has 0 spiro atoms. The molecule has 0 fully saturated rings. The first-order valence-electron chi connectivity index (χ1n) is 11.0. The van der Waals surface area contributed by atoms with Crippen LogP contribution in [0.5, 0.6) is 5.75 Å². The molecule has 0 unspecified atom stereocenters. The summed E-state index contributed by atoms with van der Waals surface area (Å²) in [5.74, 6) is -1.62. The number of carbonyl (C=O) groups excluding carboxylic acids is 1. The largest absolute Gasteiger partial charge is 0.494 e. The lowest BCUT2D eigenvalue weighted by Gasteiger charge is -2.15. The number of nitrogens with one attached hydrogen (secondary N) is 1. The third-order valence-electron chi connectivity index (χ3n) is 5.51. The van der Waals surface area contributed by atoms with E-state index < -0.39 is 29.4 Å². The second-order valence-corrected chi connectivity index (χ2v) is 9.07. The predicted molar refractivity (Wildman–Crippen MR) is 135 cm³/mol. The fraction of sp³-hybridized carbons (Fsp3) is 0.120. The topological polar surface area (TPSA) is 112 Å². The van der Waals surface area contributed by atoms with E-state index in [9.17, 15) is 22.8 Å². The van der Waals surface area contributed by atoms with Crippen molar-refractivity contribution in [3.8, 4) is 22.7 Å². The number of aromatic nitrogens is 5. The van der Waals surface area contributed by atoms with Crippen molar-refractivity contribution in [2.24, 2.45) is 0 Å². The Bertz CT molecular complexity index is 1750. The normalized spacial score (nSPS) is 11.2. The number of amides is 1. The molecular weight excluding hydrogens is 521 g/mol. The summed E-state index contributed by atoms with van der Waals surface area (Å²) in [7, 11) is 1.32. The number of thiazole rings is 1. The van der Waals surface area contributed by atoms with Gasteiger partial charge in [-0.2, -0.15) is 4.98 Å². The summed E-state index contributed by atoms with van der Waals surface area (Å²) in [6, 6.07) is 6.58. The van der Waals surface area contributed by atoms with E-state index in [4.69, 9.17) is 4.74 Å². The molecule has 0 bridgehead atoms. The van der Waals surface area contributed by atoms with Crippen LogP contribution < -0.4 is 15.6 Å². The number of aryl methyl sites for hydroxylation is 1. The smallest absolute Gasteiger partial charge is 0.292 e. The van der Waals surface area contributed by atoms with Gasteiger partial charge in [0.2, 0.25) is 0 Å². The molecule has 1 amide bonds. The number of fused-ring (bicyclic) bond motifs is 1. The molecule has 0 aliphatic heterocycles. The highest BCUT2D eigenvalue weighted by molar-refractivity contribution is 7.22. The van der Waals surface area contributed by atoms with E-state index in [0.717, 1.165) is 39.4 Å². The number of ether oxygens (including phenoxy) is 1. The molecule has 9 nitrogen and oxygen atoms in total. The van der Waals surface area contributed by atoms with Crippen LogP contribution in [0.15, 0.2) is 59.9 Å². The Labute approximate surface area is 216 Å². The Balaban J connectivity index is 1.66. The van der Waals surface area contributed by atoms with Crippen LogP contribution in [-0.2, 0) is 0 Å². The van der Waals surface area contributed by atoms with Gasteiger partial charge in [-0.3, -0.25) is 24.5 Å². The lowest BCUT2D eigenvalue weighted by molar-refractivity contribution is 0.102. The fourth-order valence-electron chi connectivity index (χ4n) is 3.71. The highest BCUT2D eigenvalue weighted by Crippen LogP contribution is 2.36. The Morgan fingerprint density at radius 2 is 1.92 bits per heavy atom. The van der Waals surface area contributed by atoms with Crippen molar-refractivity contribution in [3.63, 3.8) is 0 Å². The van der Waals surface area contributed by atoms with Crippen LogP contribution in [0, 0.1) is 12.7 Å². The predicted octanol–water partition coefficient (Wildman–Crippen LogP) is 4.95. The highest BCUT2D eigenvalue weighted by Gasteiger charge is 2.22. The van der Waals surface area contributed by atoms with Gasteiger partial charge in [-0.15, -0.1) is 0 Å². The molecule has 0 atom stereocenters. The summed E-state index contributed by atoms with van der Waals surface area (Å²) < 4.78 is 48.0. The molecule has 0 aliphatic rings. The van der Waals surface area contributed by atoms with E-state index in [1.807, 2.05) is 13.0 Å². The lowest BCUT2D eigenvalue weighted by Crippen LogP contribution is -2.22. The van der Waals surface area contributed by atoms with Gasteiger partial charge in [0, 0.05) is 29.7 Å². The molecule has 5 heterocycles. The van der Waals surface area contributed by atoms with Gasteiger partial charge in [0.15, 0.2) is 16.6 Å². The number of hydrogen-bond donors (Lipinski definition) is 1. The van der Waals surface area contributed by atoms with Crippen LogP contribution in [0.25, 0.3) is 27.3 Å². The molecule has 0 radical (unpaired) electrons. The number of methoxy groups -OCH3 is 1. The maximum absolute atomic E-state index is 14.0. The Kier molecular flexibility index (Phi) is 6.59. The molecule has 5 rings (SSSR count). The Morgan fingerprint density at radius 1 is 1.11 bits per heavy atom. The van der Waals surface area contributed by atoms with Crippen molar-refractivity contribution < 1.29 is 22.7 Å². The zero-order valence-electron chi connectivity index (χ0n) is 19.8. The van der Waals surface area contributed by atoms with Crippen LogP contribution in [0.2, 0.25) is 0 Å². The second kappa shape index (κ2) is 10.0. The molecule has 0 aromatic carbocycles. The number of nitrogens with zero attached hydrogens (tertiary/aromatic N) is 5. The summed E-state index contributed by atoms with van der Waals surface area (Å²) in [5.41, 5.74) is 0.000978. The first-order valence-corrected chi connectivity index (χ1v) is 11.8. The van der Waals surface area contributed by atoms with Crippen LogP contribution in [0.4, 0.5) is 18.3 Å². The zero-order valence-corrected chi connectivity index (χ0v) is 20.6. The quantitative estimate of drug-likeness (QED) is 0.326. The SMILES string of the molecule is COc1cnc(C(F)F)cc1-c1cc(-n2cccc(F)c2=O)ncc1C(=O)Nc1nc2ncc(C)cc2s1. The molecule has 192 valence electrons. The number of alkyl halides is 2. The summed E-state index contributed by atoms with van der Waals surface area (Å²) in [6.45, 7) is 1.88. The van der Waals surface area contributed by atoms with E-state index >= 15 is 0 Å². The Morgan fingerprint density at radius 3 is 2.68 bits per heavy atom. The third-order valence-corrected chi connectivity index (χ3v) is 6.42. The average Bonchev–Trinajstić information content (AvgIpc) is 3.30. The van der Waals surface area contributed by atoms with Gasteiger partial charge in [-0.05, 0) is 42.8 Å². The van der Waals surface area contributed by atoms with Crippen LogP contribution in [-0.4, -0.2) is 37.5 Å². The van der Waals surface area contributed by atoms with E-state index in [2.05, 4.69) is 25.3 Å². The van der Waals surface area contributed by atoms with Crippen molar-refractivity contribution in [1.82, 2.24) is 24.5 Å². The van der Waals surface area contributed by atoms with Gasteiger partial charge in [0.25, 0.3) is 17.9 Å². The van der Waals surface area contributed by atoms with Crippen LogP contribution >= 0.6 is 11.3 Å². The average molecular weight is 539 g/mol. The minimum absolute atomic E-state index is 0.0358. The number of rotatable bonds is 6. The second-order valence-electron chi connectivity index (χ2n) is 8.04. The van der Waals surface area contributed by atoms with E-state index in [-0.39, 0.29) is 33.4 Å². The molecule has 13 heteroatoms. The van der Waals surface area contributed by atoms with Gasteiger partial charge >= 0.3 is 0 Å². The minimum atomic E-state index is -2.90. The summed E-state index contributed by atoms with van der Waals surface area (Å²) in [5, 5.41) is 2.95. The maximum atomic E-state index is 14.0. The van der Waals surface area contributed by atoms with Gasteiger partial charge in [0.05, 0.1) is 23.6 Å². The molecule has 5 aromatic heterocycles. The number of halogens is 3. The standard InChI is InChI=1S/C25H17F3N6O3S/c1-12-6-19-22(31-9-12)32-25(38-19)33-23(35)15-10-30-20(34-5-3-4-16(26)24(34)36)8-13(15)14-7-17(21(27)28)29-11-18(14)37-2/h3-11,21H,1-2H3,(H,31,32,33,35). The van der Waals surface area contributed by atoms with Crippen molar-refractivity contribution in [1.29, 1.82) is 0 Å². The summed E-state index contributed by atoms with van der Waals surface area (Å²) >= 11 is 1.21. The molecule has 0 saturated heterocycles. The first-order chi connectivity index (χ1) is 18.2. The number of pyridine rings is 4. The fourth-order valence-corrected chi connectivity index (χ4v) is 4.63. The van der Waals surface area contributed by atoms with Gasteiger partial charge < -0.3 is 4.74 Å². The number of hydrogen-bond acceptors (Lipinski definition) is 8. The number of anilines is 1. The summed E-state index contributed by atoms with van der Waals surface area (Å²) in [4.78, 5) is 42.2. The third kappa shape index (κ3) is 4.70. The zero-order chi connectivity index (χ0) is 27.0. The van der Waals surface area contributed by atoms with Gasteiger partial charge in [-0.1, -0.05) is 11.3 Å². The van der Waals surface area contributed by atoms with Crippen molar-refractivity contribution >= 4 is 32.7 Å². The van der Waals surface area contributed by atoms with E-state index in [0.29, 0.717) is 5.65 Å². The minimum Gasteiger partial charge on any atom is -0.494 e. The number of carbonyl (C=O) groups is 1. The molecular formula is C25H17F3N6O3S. The summed E-state index contributed by atoms with van der Waals surface area (Å²) in [6.07, 6.45) is 2.31. The maximum Gasteiger partial charge on any atom is 0.292 e. The van der Waals surface area contributed by atoms with Crippen molar-refractivity contribution in [3.05, 3.63) is 88.1 Å². The van der Waals surface area contributed by atoms with Gasteiger partial charge in [-0.25, -0.2) is 23.1 Å². The first kappa shape index (κ1) is 25.0. The molecule has 38 heavy (non-hydrogen) atoms. The van der Waals surface area contributed by atoms with Crippen LogP contribution in [0.3, 0.4) is 0 Å². The van der Waals surface area contributed by atoms with Gasteiger partial charge in [0.1, 0.15) is 17.3 Å². The molecule has 0 aliphatic carbocycles. The highest BCUT2D eigenvalue weighted by atomic mass is 32.1. The Hall–Kier alpha value is -4.65. The van der Waals surface area contributed by atoms with Crippen LogP contribution in [0.1, 0.15) is 28.0 Å². The molecule has 1 N–H and O–H groups in total. The van der Waals surface area contributed by atoms with E-state index in [1.165, 1.54) is 36.8 Å². The lowest BCUT2D eigenvalue weighted by atomic mass is 10.00. The van der Waals surface area contributed by atoms with E-state index in [1.54, 1.807) is 6.20 Å². The van der Waals surface area contributed by atoms with Crippen molar-refractivity contribution in [2.45, 2.75) is 13.3 Å². The molecule has 0 saturated carbocycles. The molecule has 5 aromatic rings. The monoisotopic (exact) mass is 538 g/mol. The van der Waals surface area contributed by atoms with Crippen molar-refractivity contribution in [2.75, 3.05) is 12.4 Å².